The topological polar surface area (TPSA) is 3.24 Å². The zero-order chi connectivity index (χ0) is 39.8. The van der Waals surface area contributed by atoms with Crippen molar-refractivity contribution in [2.75, 3.05) is 4.90 Å². The van der Waals surface area contributed by atoms with Gasteiger partial charge in [-0.1, -0.05) is 188 Å². The van der Waals surface area contributed by atoms with Gasteiger partial charge in [0, 0.05) is 17.1 Å². The lowest BCUT2D eigenvalue weighted by atomic mass is 9.77. The molecule has 1 heteroatoms. The molecule has 0 aromatic heterocycles. The monoisotopic (exact) mass is 680 g/mol. The van der Waals surface area contributed by atoms with Gasteiger partial charge in [-0.15, -0.1) is 0 Å². The Morgan fingerprint density at radius 1 is 0.302 bits per heavy atom. The summed E-state index contributed by atoms with van der Waals surface area (Å²) >= 11 is 0. The molecule has 0 saturated carbocycles. The maximum atomic E-state index is 8.88. The summed E-state index contributed by atoms with van der Waals surface area (Å²) in [5.41, 5.74) is 12.5. The van der Waals surface area contributed by atoms with Crippen molar-refractivity contribution < 1.29 is 6.85 Å². The molecule has 0 spiro atoms. The van der Waals surface area contributed by atoms with Crippen LogP contribution >= 0.6 is 0 Å². The zero-order valence-corrected chi connectivity index (χ0v) is 28.9. The van der Waals surface area contributed by atoms with Crippen molar-refractivity contribution in [3.63, 3.8) is 0 Å². The van der Waals surface area contributed by atoms with Crippen LogP contribution in [0.5, 0.6) is 0 Å². The van der Waals surface area contributed by atoms with E-state index in [1.54, 1.807) is 4.90 Å². The maximum Gasteiger partial charge on any atom is 0.0645 e. The van der Waals surface area contributed by atoms with E-state index in [9.17, 15) is 0 Å². The first kappa shape index (κ1) is 26.8. The van der Waals surface area contributed by atoms with E-state index in [2.05, 4.69) is 152 Å². The van der Waals surface area contributed by atoms with E-state index in [1.165, 1.54) is 0 Å². The molecule has 0 unspecified atom stereocenters. The van der Waals surface area contributed by atoms with E-state index in [4.69, 9.17) is 6.85 Å². The lowest BCUT2D eigenvalue weighted by molar-refractivity contribution is 1.28. The molecule has 0 aliphatic heterocycles. The molecule has 0 amide bonds. The first-order valence-electron chi connectivity index (χ1n) is 20.3. The number of fused-ring (bicyclic) bond motifs is 1. The molecule has 0 aliphatic carbocycles. The van der Waals surface area contributed by atoms with E-state index >= 15 is 0 Å². The Morgan fingerprint density at radius 2 is 0.736 bits per heavy atom. The van der Waals surface area contributed by atoms with E-state index in [-0.39, 0.29) is 29.9 Å². The van der Waals surface area contributed by atoms with E-state index in [1.807, 2.05) is 42.5 Å². The summed E-state index contributed by atoms with van der Waals surface area (Å²) in [7, 11) is 0. The third kappa shape index (κ3) is 6.09. The standard InChI is InChI=1S/C52H37N/c1-7-20-39(21-8-1)48-47-33-19-32-46(38-34-36-45(37-35-38)53(43-28-15-5-16-29-43)44-30-17-6-18-31-44)52(47)51(42-26-13-4-14-27-42)50(41-24-11-3-12-25-41)49(48)40-22-9-2-10-23-40/h1-37H/i5D,15D,16D,28D,29D. The fourth-order valence-corrected chi connectivity index (χ4v) is 7.49. The Bertz CT molecular complexity index is 2870. The highest BCUT2D eigenvalue weighted by Crippen LogP contribution is 2.53. The number of rotatable bonds is 8. The van der Waals surface area contributed by atoms with Crippen molar-refractivity contribution in [3.05, 3.63) is 224 Å². The third-order valence-electron chi connectivity index (χ3n) is 9.74. The van der Waals surface area contributed by atoms with Gasteiger partial charge < -0.3 is 4.90 Å². The van der Waals surface area contributed by atoms with Gasteiger partial charge in [-0.3, -0.25) is 0 Å². The van der Waals surface area contributed by atoms with Crippen LogP contribution in [-0.2, 0) is 0 Å². The van der Waals surface area contributed by atoms with Crippen LogP contribution in [0.2, 0.25) is 0 Å². The maximum absolute atomic E-state index is 8.88. The van der Waals surface area contributed by atoms with Crippen molar-refractivity contribution in [2.45, 2.75) is 0 Å². The number of nitrogens with zero attached hydrogens (tertiary/aromatic N) is 1. The summed E-state index contributed by atoms with van der Waals surface area (Å²) in [5.74, 6) is 0. The lowest BCUT2D eigenvalue weighted by Gasteiger charge is -2.26. The summed E-state index contributed by atoms with van der Waals surface area (Å²) < 4.78 is 42.9. The molecule has 0 saturated heterocycles. The molecule has 1 nitrogen and oxygen atoms in total. The normalized spacial score (nSPS) is 12.3. The summed E-state index contributed by atoms with van der Waals surface area (Å²) in [4.78, 5) is 1.75. The molecule has 0 atom stereocenters. The molecule has 9 rings (SSSR count). The van der Waals surface area contributed by atoms with Crippen LogP contribution in [0.15, 0.2) is 224 Å². The summed E-state index contributed by atoms with van der Waals surface area (Å²) in [5, 5.41) is 2.24. The molecule has 250 valence electrons. The van der Waals surface area contributed by atoms with E-state index in [0.717, 1.165) is 66.4 Å². The Balaban J connectivity index is 1.36. The van der Waals surface area contributed by atoms with Gasteiger partial charge in [0.25, 0.3) is 0 Å². The average Bonchev–Trinajstić information content (AvgIpc) is 3.29. The minimum atomic E-state index is -0.424. The van der Waals surface area contributed by atoms with E-state index in [0.29, 0.717) is 11.4 Å². The van der Waals surface area contributed by atoms with Crippen molar-refractivity contribution in [2.24, 2.45) is 0 Å². The molecule has 0 N–H and O–H groups in total. The van der Waals surface area contributed by atoms with Gasteiger partial charge in [0.05, 0.1) is 6.85 Å². The zero-order valence-electron chi connectivity index (χ0n) is 33.9. The minimum Gasteiger partial charge on any atom is -0.311 e. The molecule has 9 aromatic carbocycles. The predicted octanol–water partition coefficient (Wildman–Crippen LogP) is 14.6. The molecular formula is C52H37N. The SMILES string of the molecule is [2H]c1c([2H])c([2H])c(N(c2ccccc2)c2ccc(-c3cccc4c(-c5ccccc5)c(-c5ccccc5)c(-c5ccccc5)c(-c5ccccc5)c34)cc2)c([2H])c1[2H]. The average molecular weight is 681 g/mol. The highest BCUT2D eigenvalue weighted by Gasteiger charge is 2.25. The van der Waals surface area contributed by atoms with Crippen LogP contribution in [0.3, 0.4) is 0 Å². The first-order valence-corrected chi connectivity index (χ1v) is 17.8. The lowest BCUT2D eigenvalue weighted by Crippen LogP contribution is -2.09. The molecule has 0 heterocycles. The number of hydrogen-bond donors (Lipinski definition) is 0. The van der Waals surface area contributed by atoms with Gasteiger partial charge >= 0.3 is 0 Å². The molecule has 9 aromatic rings. The number of benzene rings is 9. The fourth-order valence-electron chi connectivity index (χ4n) is 7.49. The molecule has 53 heavy (non-hydrogen) atoms. The van der Waals surface area contributed by atoms with Crippen molar-refractivity contribution in [1.29, 1.82) is 0 Å². The first-order chi connectivity index (χ1) is 28.4. The number of para-hydroxylation sites is 2. The number of hydrogen-bond acceptors (Lipinski definition) is 1. The smallest absolute Gasteiger partial charge is 0.0645 e. The van der Waals surface area contributed by atoms with Gasteiger partial charge in [-0.05, 0) is 103 Å². The Kier molecular flexibility index (Phi) is 7.25. The molecule has 0 fully saturated rings. The molecular weight excluding hydrogens is 639 g/mol. The predicted molar refractivity (Wildman–Crippen MR) is 226 cm³/mol. The number of anilines is 3. The fraction of sp³-hybridized carbons (Fsp3) is 0. The second-order valence-electron chi connectivity index (χ2n) is 12.9. The second-order valence-corrected chi connectivity index (χ2v) is 12.9. The summed E-state index contributed by atoms with van der Waals surface area (Å²) in [6, 6.07) is 64.9. The van der Waals surface area contributed by atoms with Crippen LogP contribution < -0.4 is 4.90 Å². The Morgan fingerprint density at radius 3 is 1.26 bits per heavy atom. The third-order valence-corrected chi connectivity index (χ3v) is 9.74. The van der Waals surface area contributed by atoms with Crippen molar-refractivity contribution in [1.82, 2.24) is 0 Å². The van der Waals surface area contributed by atoms with Crippen LogP contribution in [0.4, 0.5) is 17.1 Å². The summed E-state index contributed by atoms with van der Waals surface area (Å²) in [6.45, 7) is 0. The Hall–Kier alpha value is -6.96. The van der Waals surface area contributed by atoms with Gasteiger partial charge in [0.1, 0.15) is 0 Å². The van der Waals surface area contributed by atoms with Gasteiger partial charge in [0.15, 0.2) is 0 Å². The van der Waals surface area contributed by atoms with Crippen LogP contribution in [0.1, 0.15) is 6.85 Å². The Labute approximate surface area is 318 Å². The van der Waals surface area contributed by atoms with Gasteiger partial charge in [-0.2, -0.15) is 0 Å². The van der Waals surface area contributed by atoms with Crippen LogP contribution in [0, 0.1) is 0 Å². The molecule has 0 radical (unpaired) electrons. The summed E-state index contributed by atoms with van der Waals surface area (Å²) in [6.07, 6.45) is 0. The molecule has 0 aliphatic rings. The van der Waals surface area contributed by atoms with E-state index < -0.39 is 6.04 Å². The quantitative estimate of drug-likeness (QED) is 0.154. The van der Waals surface area contributed by atoms with Crippen LogP contribution in [-0.4, -0.2) is 0 Å². The van der Waals surface area contributed by atoms with Gasteiger partial charge in [0.2, 0.25) is 0 Å². The van der Waals surface area contributed by atoms with Crippen molar-refractivity contribution >= 4 is 27.8 Å². The van der Waals surface area contributed by atoms with Crippen molar-refractivity contribution in [3.8, 4) is 55.6 Å². The second kappa shape index (κ2) is 14.3. The molecule has 0 bridgehead atoms. The highest BCUT2D eigenvalue weighted by molar-refractivity contribution is 6.21. The largest absolute Gasteiger partial charge is 0.311 e. The minimum absolute atomic E-state index is 0.0925. The highest BCUT2D eigenvalue weighted by atomic mass is 15.1. The van der Waals surface area contributed by atoms with Gasteiger partial charge in [-0.25, -0.2) is 0 Å². The van der Waals surface area contributed by atoms with Crippen LogP contribution in [0.25, 0.3) is 66.4 Å².